The van der Waals surface area contributed by atoms with Gasteiger partial charge in [0.1, 0.15) is 5.70 Å². The first-order valence-electron chi connectivity index (χ1n) is 11.0. The van der Waals surface area contributed by atoms with Gasteiger partial charge in [-0.3, -0.25) is 9.59 Å². The Bertz CT molecular complexity index is 994. The van der Waals surface area contributed by atoms with Crippen molar-refractivity contribution in [2.75, 3.05) is 31.2 Å². The van der Waals surface area contributed by atoms with Gasteiger partial charge in [0.05, 0.1) is 24.5 Å². The number of ether oxygens (including phenoxy) is 2. The first-order chi connectivity index (χ1) is 15.2. The summed E-state index contributed by atoms with van der Waals surface area (Å²) in [7, 11) is 0. The minimum atomic E-state index is -0.302. The lowest BCUT2D eigenvalue weighted by atomic mass is 10.0. The monoisotopic (exact) mass is 420 g/mol. The molecule has 2 aromatic carbocycles. The van der Waals surface area contributed by atoms with Crippen molar-refractivity contribution in [1.29, 1.82) is 0 Å². The maximum absolute atomic E-state index is 13.6. The zero-order chi connectivity index (χ0) is 21.8. The molecular weight excluding hydrogens is 392 g/mol. The Kier molecular flexibility index (Phi) is 6.26. The predicted octanol–water partition coefficient (Wildman–Crippen LogP) is 4.25. The third-order valence-corrected chi connectivity index (χ3v) is 5.58. The van der Waals surface area contributed by atoms with Gasteiger partial charge in [0, 0.05) is 19.2 Å². The molecule has 0 N–H and O–H groups in total. The zero-order valence-electron chi connectivity index (χ0n) is 18.1. The van der Waals surface area contributed by atoms with Crippen molar-refractivity contribution in [1.82, 2.24) is 4.90 Å². The van der Waals surface area contributed by atoms with Crippen LogP contribution in [0.15, 0.2) is 54.2 Å². The molecule has 1 saturated heterocycles. The lowest BCUT2D eigenvalue weighted by Crippen LogP contribution is -2.37. The normalized spacial score (nSPS) is 16.8. The fraction of sp³-hybridized carbons (Fsp3) is 0.360. The van der Waals surface area contributed by atoms with Gasteiger partial charge in [-0.15, -0.1) is 0 Å². The lowest BCUT2D eigenvalue weighted by molar-refractivity contribution is -0.120. The topological polar surface area (TPSA) is 59.1 Å². The Hall–Kier alpha value is -3.28. The highest BCUT2D eigenvalue weighted by molar-refractivity contribution is 6.45. The van der Waals surface area contributed by atoms with Crippen molar-refractivity contribution < 1.29 is 19.1 Å². The molecule has 2 aliphatic heterocycles. The molecular formula is C25H28N2O4. The summed E-state index contributed by atoms with van der Waals surface area (Å²) < 4.78 is 11.4. The van der Waals surface area contributed by atoms with Gasteiger partial charge >= 0.3 is 0 Å². The highest BCUT2D eigenvalue weighted by atomic mass is 16.5. The molecule has 6 nitrogen and oxygen atoms in total. The average molecular weight is 421 g/mol. The minimum Gasteiger partial charge on any atom is -0.490 e. The molecule has 0 atom stereocenters. The van der Waals surface area contributed by atoms with Gasteiger partial charge in [-0.1, -0.05) is 30.3 Å². The van der Waals surface area contributed by atoms with E-state index in [4.69, 9.17) is 9.47 Å². The van der Waals surface area contributed by atoms with Crippen molar-refractivity contribution in [3.63, 3.8) is 0 Å². The largest absolute Gasteiger partial charge is 0.490 e. The molecule has 31 heavy (non-hydrogen) atoms. The quantitative estimate of drug-likeness (QED) is 0.627. The second kappa shape index (κ2) is 9.25. The standard InChI is InChI=1S/C25H28N2O4/c1-3-30-20-14-13-19(17-21(20)31-4-2)27-24(28)22(18-11-7-5-8-12-18)23(25(27)29)26-15-9-6-10-16-26/h5,7-8,11-14,17H,3-4,6,9-10,15-16H2,1-2H3. The molecule has 2 heterocycles. The Morgan fingerprint density at radius 1 is 0.806 bits per heavy atom. The van der Waals surface area contributed by atoms with Gasteiger partial charge in [-0.2, -0.15) is 0 Å². The van der Waals surface area contributed by atoms with Gasteiger partial charge in [0.25, 0.3) is 11.8 Å². The van der Waals surface area contributed by atoms with Crippen LogP contribution < -0.4 is 14.4 Å². The Morgan fingerprint density at radius 3 is 2.16 bits per heavy atom. The van der Waals surface area contributed by atoms with Crippen molar-refractivity contribution in [3.05, 3.63) is 59.8 Å². The first-order valence-corrected chi connectivity index (χ1v) is 11.0. The maximum Gasteiger partial charge on any atom is 0.282 e. The molecule has 162 valence electrons. The Morgan fingerprint density at radius 2 is 1.48 bits per heavy atom. The minimum absolute atomic E-state index is 0.280. The van der Waals surface area contributed by atoms with Gasteiger partial charge in [0.2, 0.25) is 0 Å². The maximum atomic E-state index is 13.6. The summed E-state index contributed by atoms with van der Waals surface area (Å²) in [5, 5.41) is 0. The molecule has 1 fully saturated rings. The smallest absolute Gasteiger partial charge is 0.282 e. The van der Waals surface area contributed by atoms with Crippen molar-refractivity contribution in [2.45, 2.75) is 33.1 Å². The van der Waals surface area contributed by atoms with Gasteiger partial charge in [-0.25, -0.2) is 4.90 Å². The van der Waals surface area contributed by atoms with Crippen LogP contribution in [0.5, 0.6) is 11.5 Å². The van der Waals surface area contributed by atoms with Crippen LogP contribution in [0.25, 0.3) is 5.57 Å². The number of nitrogens with zero attached hydrogens (tertiary/aromatic N) is 2. The van der Waals surface area contributed by atoms with E-state index in [0.29, 0.717) is 41.7 Å². The number of likely N-dealkylation sites (tertiary alicyclic amines) is 1. The second-order valence-corrected chi connectivity index (χ2v) is 7.58. The second-order valence-electron chi connectivity index (χ2n) is 7.58. The number of imide groups is 1. The number of hydrogen-bond acceptors (Lipinski definition) is 5. The molecule has 2 amide bonds. The fourth-order valence-electron chi connectivity index (χ4n) is 4.21. The van der Waals surface area contributed by atoms with Crippen LogP contribution in [0.4, 0.5) is 5.69 Å². The van der Waals surface area contributed by atoms with Crippen LogP contribution >= 0.6 is 0 Å². The molecule has 2 aromatic rings. The number of amides is 2. The molecule has 0 aromatic heterocycles. The first kappa shape index (κ1) is 21.0. The SMILES string of the molecule is CCOc1ccc(N2C(=O)C(c3ccccc3)=C(N3CCCCC3)C2=O)cc1OCC. The van der Waals surface area contributed by atoms with E-state index in [1.54, 1.807) is 18.2 Å². The summed E-state index contributed by atoms with van der Waals surface area (Å²) in [6, 6.07) is 14.7. The third-order valence-electron chi connectivity index (χ3n) is 5.58. The van der Waals surface area contributed by atoms with Crippen LogP contribution in [0, 0.1) is 0 Å². The zero-order valence-corrected chi connectivity index (χ0v) is 18.1. The van der Waals surface area contributed by atoms with E-state index in [1.807, 2.05) is 44.2 Å². The Labute approximate surface area is 183 Å². The third kappa shape index (κ3) is 4.02. The number of rotatable bonds is 7. The van der Waals surface area contributed by atoms with Crippen LogP contribution in [-0.4, -0.2) is 43.0 Å². The van der Waals surface area contributed by atoms with E-state index in [9.17, 15) is 9.59 Å². The summed E-state index contributed by atoms with van der Waals surface area (Å²) in [5.41, 5.74) is 2.23. The predicted molar refractivity (Wildman–Crippen MR) is 120 cm³/mol. The number of hydrogen-bond donors (Lipinski definition) is 0. The fourth-order valence-corrected chi connectivity index (χ4v) is 4.21. The van der Waals surface area contributed by atoms with E-state index < -0.39 is 0 Å². The van der Waals surface area contributed by atoms with E-state index in [0.717, 1.165) is 37.9 Å². The molecule has 0 unspecified atom stereocenters. The van der Waals surface area contributed by atoms with Crippen LogP contribution in [0.1, 0.15) is 38.7 Å². The number of anilines is 1. The van der Waals surface area contributed by atoms with Crippen molar-refractivity contribution in [2.24, 2.45) is 0 Å². The molecule has 0 bridgehead atoms. The van der Waals surface area contributed by atoms with Crippen molar-refractivity contribution >= 4 is 23.1 Å². The van der Waals surface area contributed by atoms with Gasteiger partial charge in [0.15, 0.2) is 11.5 Å². The average Bonchev–Trinajstić information content (AvgIpc) is 3.06. The highest BCUT2D eigenvalue weighted by Crippen LogP contribution is 2.39. The summed E-state index contributed by atoms with van der Waals surface area (Å²) >= 11 is 0. The van der Waals surface area contributed by atoms with Crippen LogP contribution in [-0.2, 0) is 9.59 Å². The van der Waals surface area contributed by atoms with E-state index >= 15 is 0 Å². The summed E-state index contributed by atoms with van der Waals surface area (Å²) in [5.74, 6) is 0.538. The molecule has 2 aliphatic rings. The Balaban J connectivity index is 1.77. The molecule has 0 spiro atoms. The highest BCUT2D eigenvalue weighted by Gasteiger charge is 2.42. The van der Waals surface area contributed by atoms with E-state index in [2.05, 4.69) is 4.90 Å². The van der Waals surface area contributed by atoms with E-state index in [-0.39, 0.29) is 11.8 Å². The summed E-state index contributed by atoms with van der Waals surface area (Å²) in [6.45, 7) is 6.31. The number of carbonyl (C=O) groups is 2. The molecule has 6 heteroatoms. The summed E-state index contributed by atoms with van der Waals surface area (Å²) in [6.07, 6.45) is 3.18. The van der Waals surface area contributed by atoms with E-state index in [1.165, 1.54) is 4.90 Å². The summed E-state index contributed by atoms with van der Waals surface area (Å²) in [4.78, 5) is 30.6. The van der Waals surface area contributed by atoms with Crippen LogP contribution in [0.2, 0.25) is 0 Å². The van der Waals surface area contributed by atoms with Crippen molar-refractivity contribution in [3.8, 4) is 11.5 Å². The van der Waals surface area contributed by atoms with Gasteiger partial charge < -0.3 is 14.4 Å². The van der Waals surface area contributed by atoms with Crippen LogP contribution in [0.3, 0.4) is 0 Å². The molecule has 0 aliphatic carbocycles. The number of benzene rings is 2. The number of carbonyl (C=O) groups excluding carboxylic acids is 2. The molecule has 0 radical (unpaired) electrons. The molecule has 0 saturated carbocycles. The van der Waals surface area contributed by atoms with Gasteiger partial charge in [-0.05, 0) is 50.8 Å². The molecule has 4 rings (SSSR count). The number of piperidine rings is 1. The lowest BCUT2D eigenvalue weighted by Gasteiger charge is -2.29.